The normalized spacial score (nSPS) is 14.4. The molecule has 17 heavy (non-hydrogen) atoms. The average Bonchev–Trinajstić information content (AvgIpc) is 2.86. The molecular weight excluding hydrogens is 212 g/mol. The first-order valence-corrected chi connectivity index (χ1v) is 6.03. The third-order valence-corrected chi connectivity index (χ3v) is 3.46. The summed E-state index contributed by atoms with van der Waals surface area (Å²) in [6, 6.07) is 8.33. The smallest absolute Gasteiger partial charge is 0.185 e. The Labute approximate surface area is 100 Å². The fraction of sp³-hybridized carbons (Fsp3) is 0.267. The lowest BCUT2D eigenvalue weighted by molar-refractivity contribution is 0.110. The monoisotopic (exact) mass is 226 g/mol. The maximum Gasteiger partial charge on any atom is 0.185 e. The number of aryl methyl sites for hydroxylation is 2. The van der Waals surface area contributed by atoms with E-state index in [0.717, 1.165) is 23.8 Å². The Hall–Kier alpha value is -1.83. The number of hydrogen-bond donors (Lipinski definition) is 0. The van der Waals surface area contributed by atoms with Gasteiger partial charge in [0.1, 0.15) is 0 Å². The minimum absolute atomic E-state index is 0.417. The highest BCUT2D eigenvalue weighted by atomic mass is 16.3. The van der Waals surface area contributed by atoms with Gasteiger partial charge in [0, 0.05) is 5.56 Å². The van der Waals surface area contributed by atoms with Crippen LogP contribution in [0.25, 0.3) is 11.1 Å². The third-order valence-electron chi connectivity index (χ3n) is 3.46. The lowest BCUT2D eigenvalue weighted by Crippen LogP contribution is -2.02. The van der Waals surface area contributed by atoms with Gasteiger partial charge in [0.2, 0.25) is 0 Å². The van der Waals surface area contributed by atoms with Crippen molar-refractivity contribution in [1.82, 2.24) is 0 Å². The number of furan rings is 1. The van der Waals surface area contributed by atoms with Crippen LogP contribution in [0.2, 0.25) is 0 Å². The molecule has 0 bridgehead atoms. The van der Waals surface area contributed by atoms with Gasteiger partial charge < -0.3 is 4.42 Å². The van der Waals surface area contributed by atoms with Gasteiger partial charge in [-0.15, -0.1) is 0 Å². The van der Waals surface area contributed by atoms with E-state index in [1.54, 1.807) is 6.26 Å². The number of benzene rings is 1. The first kappa shape index (κ1) is 10.3. The molecule has 1 heterocycles. The zero-order chi connectivity index (χ0) is 11.7. The van der Waals surface area contributed by atoms with Gasteiger partial charge in [0.15, 0.2) is 12.0 Å². The van der Waals surface area contributed by atoms with Gasteiger partial charge in [-0.2, -0.15) is 0 Å². The summed E-state index contributed by atoms with van der Waals surface area (Å²) in [5, 5.41) is 0. The van der Waals surface area contributed by atoms with E-state index in [4.69, 9.17) is 4.42 Å². The highest BCUT2D eigenvalue weighted by Gasteiger charge is 2.12. The molecule has 0 N–H and O–H groups in total. The largest absolute Gasteiger partial charge is 0.461 e. The summed E-state index contributed by atoms with van der Waals surface area (Å²) in [6.45, 7) is 0. The van der Waals surface area contributed by atoms with Crippen molar-refractivity contribution in [2.24, 2.45) is 0 Å². The molecule has 0 saturated heterocycles. The number of rotatable bonds is 2. The molecule has 2 aromatic rings. The van der Waals surface area contributed by atoms with Crippen molar-refractivity contribution in [3.8, 4) is 11.1 Å². The summed E-state index contributed by atoms with van der Waals surface area (Å²) in [7, 11) is 0. The molecule has 1 aromatic heterocycles. The molecule has 0 fully saturated rings. The van der Waals surface area contributed by atoms with Crippen LogP contribution in [0.1, 0.15) is 34.5 Å². The number of carbonyl (C=O) groups is 1. The highest BCUT2D eigenvalue weighted by Crippen LogP contribution is 2.29. The maximum absolute atomic E-state index is 10.9. The van der Waals surface area contributed by atoms with E-state index in [9.17, 15) is 4.79 Å². The molecule has 1 aliphatic carbocycles. The van der Waals surface area contributed by atoms with E-state index < -0.39 is 0 Å². The Morgan fingerprint density at radius 2 is 1.88 bits per heavy atom. The van der Waals surface area contributed by atoms with Gasteiger partial charge in [-0.25, -0.2) is 0 Å². The van der Waals surface area contributed by atoms with Gasteiger partial charge in [-0.3, -0.25) is 4.79 Å². The second kappa shape index (κ2) is 4.21. The van der Waals surface area contributed by atoms with Crippen LogP contribution in [0.4, 0.5) is 0 Å². The molecule has 0 atom stereocenters. The van der Waals surface area contributed by atoms with Crippen LogP contribution < -0.4 is 0 Å². The van der Waals surface area contributed by atoms with Crippen molar-refractivity contribution >= 4 is 6.29 Å². The van der Waals surface area contributed by atoms with Crippen molar-refractivity contribution in [2.45, 2.75) is 25.7 Å². The fourth-order valence-corrected chi connectivity index (χ4v) is 2.55. The topological polar surface area (TPSA) is 30.2 Å². The van der Waals surface area contributed by atoms with Gasteiger partial charge in [0.05, 0.1) is 6.26 Å². The highest BCUT2D eigenvalue weighted by molar-refractivity contribution is 5.84. The van der Waals surface area contributed by atoms with E-state index in [0.29, 0.717) is 5.76 Å². The van der Waals surface area contributed by atoms with E-state index in [1.807, 2.05) is 6.07 Å². The van der Waals surface area contributed by atoms with Crippen LogP contribution >= 0.6 is 0 Å². The van der Waals surface area contributed by atoms with Crippen molar-refractivity contribution in [1.29, 1.82) is 0 Å². The summed E-state index contributed by atoms with van der Waals surface area (Å²) in [4.78, 5) is 10.9. The Morgan fingerprint density at radius 1 is 1.06 bits per heavy atom. The van der Waals surface area contributed by atoms with Crippen molar-refractivity contribution in [3.05, 3.63) is 47.4 Å². The number of fused-ring (bicyclic) bond motifs is 1. The van der Waals surface area contributed by atoms with Gasteiger partial charge in [0.25, 0.3) is 0 Å². The van der Waals surface area contributed by atoms with Crippen LogP contribution in [0.15, 0.2) is 34.9 Å². The molecule has 2 heteroatoms. The SMILES string of the molecule is O=Cc1occc1-c1ccc2c(c1)CCCC2. The Balaban J connectivity index is 2.07. The summed E-state index contributed by atoms with van der Waals surface area (Å²) in [5.41, 5.74) is 4.86. The molecule has 0 aliphatic heterocycles. The molecule has 0 saturated carbocycles. The maximum atomic E-state index is 10.9. The first-order chi connectivity index (χ1) is 8.38. The second-order valence-corrected chi connectivity index (χ2v) is 4.51. The van der Waals surface area contributed by atoms with Gasteiger partial charge >= 0.3 is 0 Å². The van der Waals surface area contributed by atoms with Crippen molar-refractivity contribution < 1.29 is 9.21 Å². The fourth-order valence-electron chi connectivity index (χ4n) is 2.55. The van der Waals surface area contributed by atoms with E-state index in [2.05, 4.69) is 18.2 Å². The van der Waals surface area contributed by atoms with Crippen LogP contribution in [-0.4, -0.2) is 6.29 Å². The van der Waals surface area contributed by atoms with Gasteiger partial charge in [-0.05, 0) is 48.4 Å². The van der Waals surface area contributed by atoms with Crippen LogP contribution in [0, 0.1) is 0 Å². The molecular formula is C15H14O2. The van der Waals surface area contributed by atoms with Gasteiger partial charge in [-0.1, -0.05) is 18.2 Å². The number of aldehydes is 1. The summed E-state index contributed by atoms with van der Waals surface area (Å²) < 4.78 is 5.14. The minimum Gasteiger partial charge on any atom is -0.461 e. The molecule has 0 amide bonds. The zero-order valence-electron chi connectivity index (χ0n) is 9.61. The molecule has 1 aromatic carbocycles. The minimum atomic E-state index is 0.417. The first-order valence-electron chi connectivity index (χ1n) is 6.03. The van der Waals surface area contributed by atoms with Crippen LogP contribution in [0.5, 0.6) is 0 Å². The number of hydrogen-bond acceptors (Lipinski definition) is 2. The lowest BCUT2D eigenvalue weighted by Gasteiger charge is -2.16. The van der Waals surface area contributed by atoms with Crippen LogP contribution in [-0.2, 0) is 12.8 Å². The van der Waals surface area contributed by atoms with Crippen molar-refractivity contribution in [2.75, 3.05) is 0 Å². The molecule has 0 spiro atoms. The predicted molar refractivity (Wildman–Crippen MR) is 66.2 cm³/mol. The molecule has 86 valence electrons. The van der Waals surface area contributed by atoms with E-state index >= 15 is 0 Å². The molecule has 3 rings (SSSR count). The average molecular weight is 226 g/mol. The Kier molecular flexibility index (Phi) is 2.56. The Morgan fingerprint density at radius 3 is 2.71 bits per heavy atom. The predicted octanol–water partition coefficient (Wildman–Crippen LogP) is 3.64. The molecule has 2 nitrogen and oxygen atoms in total. The standard InChI is InChI=1S/C15H14O2/c16-10-15-14(7-8-17-15)13-6-5-11-3-1-2-4-12(11)9-13/h5-10H,1-4H2. The van der Waals surface area contributed by atoms with E-state index in [-0.39, 0.29) is 0 Å². The lowest BCUT2D eigenvalue weighted by atomic mass is 9.89. The van der Waals surface area contributed by atoms with Crippen molar-refractivity contribution in [3.63, 3.8) is 0 Å². The molecule has 0 radical (unpaired) electrons. The third kappa shape index (κ3) is 1.80. The number of carbonyl (C=O) groups excluding carboxylic acids is 1. The van der Waals surface area contributed by atoms with E-state index in [1.165, 1.54) is 30.4 Å². The molecule has 0 unspecified atom stereocenters. The summed E-state index contributed by atoms with van der Waals surface area (Å²) in [5.74, 6) is 0.417. The second-order valence-electron chi connectivity index (χ2n) is 4.51. The summed E-state index contributed by atoms with van der Waals surface area (Å²) in [6.07, 6.45) is 7.23. The Bertz CT molecular complexity index is 552. The molecule has 1 aliphatic rings. The zero-order valence-corrected chi connectivity index (χ0v) is 9.61. The van der Waals surface area contributed by atoms with Crippen LogP contribution in [0.3, 0.4) is 0 Å². The quantitative estimate of drug-likeness (QED) is 0.732. The summed E-state index contributed by atoms with van der Waals surface area (Å²) >= 11 is 0.